The van der Waals surface area contributed by atoms with Crippen molar-refractivity contribution in [3.8, 4) is 5.75 Å². The lowest BCUT2D eigenvalue weighted by Crippen LogP contribution is -2.26. The predicted octanol–water partition coefficient (Wildman–Crippen LogP) is 4.16. The van der Waals surface area contributed by atoms with Gasteiger partial charge in [0.15, 0.2) is 11.5 Å². The zero-order chi connectivity index (χ0) is 19.9. The van der Waals surface area contributed by atoms with Crippen LogP contribution in [0.15, 0.2) is 54.6 Å². The van der Waals surface area contributed by atoms with E-state index in [2.05, 4.69) is 20.8 Å². The molecule has 1 heterocycles. The maximum absolute atomic E-state index is 12.2. The van der Waals surface area contributed by atoms with Crippen molar-refractivity contribution in [1.29, 1.82) is 0 Å². The zero-order valence-electron chi connectivity index (χ0n) is 15.7. The van der Waals surface area contributed by atoms with E-state index < -0.39 is 0 Å². The Morgan fingerprint density at radius 3 is 2.54 bits per heavy atom. The molecule has 2 aromatic carbocycles. The predicted molar refractivity (Wildman–Crippen MR) is 111 cm³/mol. The van der Waals surface area contributed by atoms with Crippen molar-refractivity contribution in [2.45, 2.75) is 13.3 Å². The lowest BCUT2D eigenvalue weighted by Gasteiger charge is -2.11. The molecule has 3 rings (SSSR count). The molecule has 0 unspecified atom stereocenters. The van der Waals surface area contributed by atoms with E-state index in [1.807, 2.05) is 49.4 Å². The van der Waals surface area contributed by atoms with Crippen molar-refractivity contribution in [1.82, 2.24) is 15.5 Å². The number of ether oxygens (including phenoxy) is 1. The van der Waals surface area contributed by atoms with Gasteiger partial charge in [0.25, 0.3) is 5.91 Å². The summed E-state index contributed by atoms with van der Waals surface area (Å²) in [5, 5.41) is 14.8. The van der Waals surface area contributed by atoms with Gasteiger partial charge in [0.1, 0.15) is 5.75 Å². The number of hydrogen-bond acceptors (Lipinski definition) is 5. The minimum atomic E-state index is -0.263. The Morgan fingerprint density at radius 2 is 1.86 bits per heavy atom. The van der Waals surface area contributed by atoms with Gasteiger partial charge in [0, 0.05) is 11.6 Å². The van der Waals surface area contributed by atoms with Gasteiger partial charge in [-0.1, -0.05) is 29.8 Å². The second-order valence-corrected chi connectivity index (χ2v) is 6.70. The average Bonchev–Trinajstić information content (AvgIpc) is 2.70. The third-order valence-corrected chi connectivity index (χ3v) is 4.38. The molecule has 0 radical (unpaired) electrons. The minimum absolute atomic E-state index is 0.262. The van der Waals surface area contributed by atoms with Gasteiger partial charge in [-0.3, -0.25) is 4.79 Å². The fraction of sp³-hybridized carbons (Fsp3) is 0.190. The number of benzene rings is 2. The van der Waals surface area contributed by atoms with Crippen LogP contribution in [0.4, 0.5) is 11.5 Å². The van der Waals surface area contributed by atoms with Crippen molar-refractivity contribution >= 4 is 29.0 Å². The summed E-state index contributed by atoms with van der Waals surface area (Å²) in [7, 11) is 1.61. The summed E-state index contributed by atoms with van der Waals surface area (Å²) in [6.07, 6.45) is 0.711. The maximum Gasteiger partial charge on any atom is 0.271 e. The van der Waals surface area contributed by atoms with E-state index in [0.29, 0.717) is 29.6 Å². The molecular weight excluding hydrogens is 376 g/mol. The number of aromatic nitrogens is 2. The number of aryl methyl sites for hydroxylation is 1. The molecule has 3 aromatic rings. The number of rotatable bonds is 7. The fourth-order valence-corrected chi connectivity index (χ4v) is 2.77. The highest BCUT2D eigenvalue weighted by Crippen LogP contribution is 2.27. The lowest BCUT2D eigenvalue weighted by molar-refractivity contribution is 0.0948. The third-order valence-electron chi connectivity index (χ3n) is 4.13. The van der Waals surface area contributed by atoms with Gasteiger partial charge in [0.05, 0.1) is 12.8 Å². The van der Waals surface area contributed by atoms with E-state index in [1.54, 1.807) is 19.2 Å². The molecule has 144 valence electrons. The van der Waals surface area contributed by atoms with Crippen LogP contribution >= 0.6 is 11.6 Å². The lowest BCUT2D eigenvalue weighted by atomic mass is 10.1. The Morgan fingerprint density at radius 1 is 1.07 bits per heavy atom. The van der Waals surface area contributed by atoms with Gasteiger partial charge in [0.2, 0.25) is 0 Å². The summed E-state index contributed by atoms with van der Waals surface area (Å²) in [4.78, 5) is 12.2. The molecule has 0 atom stereocenters. The molecule has 0 aliphatic rings. The summed E-state index contributed by atoms with van der Waals surface area (Å²) in [6, 6.07) is 16.7. The first-order chi connectivity index (χ1) is 13.5. The summed E-state index contributed by atoms with van der Waals surface area (Å²) in [6.45, 7) is 2.50. The number of hydrogen-bond donors (Lipinski definition) is 2. The summed E-state index contributed by atoms with van der Waals surface area (Å²) in [5.74, 6) is 0.971. The average molecular weight is 397 g/mol. The molecule has 1 amide bonds. The molecule has 0 saturated heterocycles. The number of carbonyl (C=O) groups is 1. The molecule has 28 heavy (non-hydrogen) atoms. The first-order valence-corrected chi connectivity index (χ1v) is 9.21. The Hall–Kier alpha value is -3.12. The second-order valence-electron chi connectivity index (χ2n) is 6.26. The molecule has 1 aromatic heterocycles. The normalized spacial score (nSPS) is 10.4. The highest BCUT2D eigenvalue weighted by atomic mass is 35.5. The van der Waals surface area contributed by atoms with Crippen LogP contribution in [0, 0.1) is 6.92 Å². The van der Waals surface area contributed by atoms with E-state index in [-0.39, 0.29) is 11.6 Å². The Labute approximate surface area is 168 Å². The molecule has 0 bridgehead atoms. The number of halogens is 1. The number of anilines is 2. The molecule has 2 N–H and O–H groups in total. The van der Waals surface area contributed by atoms with Gasteiger partial charge in [-0.05, 0) is 60.9 Å². The van der Waals surface area contributed by atoms with E-state index >= 15 is 0 Å². The van der Waals surface area contributed by atoms with Gasteiger partial charge >= 0.3 is 0 Å². The molecule has 0 fully saturated rings. The Kier molecular flexibility index (Phi) is 6.45. The minimum Gasteiger partial charge on any atom is -0.495 e. The number of methoxy groups -OCH3 is 1. The molecule has 0 aliphatic carbocycles. The largest absolute Gasteiger partial charge is 0.495 e. The Bertz CT molecular complexity index is 944. The van der Waals surface area contributed by atoms with Gasteiger partial charge < -0.3 is 15.4 Å². The van der Waals surface area contributed by atoms with Crippen molar-refractivity contribution in [3.05, 3.63) is 76.4 Å². The molecule has 6 nitrogen and oxygen atoms in total. The van der Waals surface area contributed by atoms with Crippen LogP contribution in [0.3, 0.4) is 0 Å². The van der Waals surface area contributed by atoms with Crippen LogP contribution in [-0.2, 0) is 6.42 Å². The summed E-state index contributed by atoms with van der Waals surface area (Å²) in [5.41, 5.74) is 3.24. The van der Waals surface area contributed by atoms with Crippen molar-refractivity contribution in [2.24, 2.45) is 0 Å². The summed E-state index contributed by atoms with van der Waals surface area (Å²) < 4.78 is 5.34. The van der Waals surface area contributed by atoms with E-state index in [9.17, 15) is 4.79 Å². The SMILES string of the molecule is COc1ccc(C)cc1Nc1ccc(C(=O)NCCc2ccc(Cl)cc2)nn1. The molecule has 0 aliphatic heterocycles. The van der Waals surface area contributed by atoms with Crippen molar-refractivity contribution in [2.75, 3.05) is 19.0 Å². The maximum atomic E-state index is 12.2. The smallest absolute Gasteiger partial charge is 0.271 e. The first kappa shape index (κ1) is 19.6. The zero-order valence-corrected chi connectivity index (χ0v) is 16.5. The second kappa shape index (κ2) is 9.19. The van der Waals surface area contributed by atoms with Crippen LogP contribution < -0.4 is 15.4 Å². The van der Waals surface area contributed by atoms with Crippen LogP contribution in [0.1, 0.15) is 21.6 Å². The van der Waals surface area contributed by atoms with Crippen LogP contribution in [0.2, 0.25) is 5.02 Å². The molecule has 7 heteroatoms. The standard InChI is InChI=1S/C21H21ClN4O2/c1-14-3-9-19(28-2)18(13-14)24-20-10-8-17(25-26-20)21(27)23-12-11-15-4-6-16(22)7-5-15/h3-10,13H,11-12H2,1-2H3,(H,23,27)(H,24,26). The third kappa shape index (κ3) is 5.20. The monoisotopic (exact) mass is 396 g/mol. The Balaban J connectivity index is 1.57. The number of nitrogens with one attached hydrogen (secondary N) is 2. The highest BCUT2D eigenvalue weighted by molar-refractivity contribution is 6.30. The number of nitrogens with zero attached hydrogens (tertiary/aromatic N) is 2. The highest BCUT2D eigenvalue weighted by Gasteiger charge is 2.09. The van der Waals surface area contributed by atoms with E-state index in [0.717, 1.165) is 16.8 Å². The van der Waals surface area contributed by atoms with Crippen molar-refractivity contribution in [3.63, 3.8) is 0 Å². The van der Waals surface area contributed by atoms with E-state index in [4.69, 9.17) is 16.3 Å². The van der Waals surface area contributed by atoms with Crippen LogP contribution in [-0.4, -0.2) is 29.8 Å². The molecule has 0 spiro atoms. The molecular formula is C21H21ClN4O2. The van der Waals surface area contributed by atoms with Gasteiger partial charge in [-0.15, -0.1) is 10.2 Å². The topological polar surface area (TPSA) is 76.1 Å². The van der Waals surface area contributed by atoms with Gasteiger partial charge in [-0.25, -0.2) is 0 Å². The quantitative estimate of drug-likeness (QED) is 0.627. The fourth-order valence-electron chi connectivity index (χ4n) is 2.64. The van der Waals surface area contributed by atoms with Crippen LogP contribution in [0.5, 0.6) is 5.75 Å². The number of amides is 1. The van der Waals surface area contributed by atoms with Crippen molar-refractivity contribution < 1.29 is 9.53 Å². The molecule has 0 saturated carbocycles. The van der Waals surface area contributed by atoms with Gasteiger partial charge in [-0.2, -0.15) is 0 Å². The van der Waals surface area contributed by atoms with E-state index in [1.165, 1.54) is 0 Å². The summed E-state index contributed by atoms with van der Waals surface area (Å²) >= 11 is 5.87. The number of carbonyl (C=O) groups excluding carboxylic acids is 1. The van der Waals surface area contributed by atoms with Crippen LogP contribution in [0.25, 0.3) is 0 Å². The first-order valence-electron chi connectivity index (χ1n) is 8.83.